The number of hydrogen-bond acceptors (Lipinski definition) is 3. The van der Waals surface area contributed by atoms with Crippen molar-refractivity contribution in [3.8, 4) is 11.1 Å². The van der Waals surface area contributed by atoms with Gasteiger partial charge in [-0.25, -0.2) is 0 Å². The van der Waals surface area contributed by atoms with Crippen molar-refractivity contribution in [2.75, 3.05) is 9.80 Å². The number of benzene rings is 5. The average molecular weight is 545 g/mol. The molecule has 0 atom stereocenters. The highest BCUT2D eigenvalue weighted by molar-refractivity contribution is 7.33. The van der Waals surface area contributed by atoms with Crippen molar-refractivity contribution in [3.63, 3.8) is 0 Å². The summed E-state index contributed by atoms with van der Waals surface area (Å²) in [6.45, 7) is 9.29. The van der Waals surface area contributed by atoms with Gasteiger partial charge >= 0.3 is 0 Å². The van der Waals surface area contributed by atoms with Gasteiger partial charge < -0.3 is 9.80 Å². The molecule has 0 saturated carbocycles. The molecule has 0 aliphatic carbocycles. The molecule has 196 valence electrons. The lowest BCUT2D eigenvalue weighted by atomic mass is 9.36. The Labute approximate surface area is 245 Å². The quantitative estimate of drug-likeness (QED) is 0.191. The van der Waals surface area contributed by atoms with E-state index in [1.54, 1.807) is 0 Å². The van der Waals surface area contributed by atoms with E-state index in [0.717, 1.165) is 0 Å². The maximum atomic E-state index is 2.58. The van der Waals surface area contributed by atoms with E-state index in [-0.39, 0.29) is 12.1 Å². The first-order valence-electron chi connectivity index (χ1n) is 14.5. The second kappa shape index (κ2) is 7.93. The van der Waals surface area contributed by atoms with Gasteiger partial charge in [0.05, 0.1) is 11.4 Å². The Morgan fingerprint density at radius 3 is 2.12 bits per heavy atom. The zero-order chi connectivity index (χ0) is 27.6. The van der Waals surface area contributed by atoms with Crippen molar-refractivity contribution < 1.29 is 0 Å². The Hall–Kier alpha value is -4.28. The van der Waals surface area contributed by atoms with Gasteiger partial charge in [0.2, 0.25) is 0 Å². The van der Waals surface area contributed by atoms with Gasteiger partial charge in [0.15, 0.2) is 0 Å². The third-order valence-electron chi connectivity index (χ3n) is 9.17. The van der Waals surface area contributed by atoms with Crippen molar-refractivity contribution in [3.05, 3.63) is 114 Å². The third kappa shape index (κ3) is 3.03. The van der Waals surface area contributed by atoms with E-state index in [1.165, 1.54) is 82.2 Å². The van der Waals surface area contributed by atoms with Crippen molar-refractivity contribution in [2.45, 2.75) is 33.1 Å². The van der Waals surface area contributed by atoms with Crippen molar-refractivity contribution in [1.82, 2.24) is 0 Å². The number of nitrogens with zero attached hydrogens (tertiary/aromatic N) is 2. The van der Waals surface area contributed by atoms with E-state index < -0.39 is 0 Å². The van der Waals surface area contributed by atoms with Gasteiger partial charge in [0.1, 0.15) is 0 Å². The number of hydrogen-bond donors (Lipinski definition) is 0. The van der Waals surface area contributed by atoms with Crippen LogP contribution in [0.15, 0.2) is 103 Å². The lowest BCUT2D eigenvalue weighted by Crippen LogP contribution is -2.60. The fraction of sp³-hybridized carbons (Fsp3) is 0.135. The van der Waals surface area contributed by atoms with E-state index in [9.17, 15) is 0 Å². The molecule has 3 aliphatic rings. The number of aryl methyl sites for hydroxylation is 1. The van der Waals surface area contributed by atoms with Crippen LogP contribution < -0.4 is 25.5 Å². The Morgan fingerprint density at radius 1 is 0.659 bits per heavy atom. The lowest BCUT2D eigenvalue weighted by molar-refractivity contribution is 0.590. The van der Waals surface area contributed by atoms with E-state index in [1.807, 2.05) is 11.3 Å². The summed E-state index contributed by atoms with van der Waals surface area (Å²) in [5.74, 6) is 0. The summed E-state index contributed by atoms with van der Waals surface area (Å²) in [6, 6.07) is 38.9. The molecule has 0 radical (unpaired) electrons. The molecule has 41 heavy (non-hydrogen) atoms. The van der Waals surface area contributed by atoms with Crippen LogP contribution in [-0.4, -0.2) is 6.71 Å². The molecule has 0 unspecified atom stereocenters. The Kier molecular flexibility index (Phi) is 4.53. The highest BCUT2D eigenvalue weighted by atomic mass is 32.1. The summed E-state index contributed by atoms with van der Waals surface area (Å²) in [6.07, 6.45) is 0. The molecule has 9 rings (SSSR count). The number of thiophene rings is 1. The molecule has 0 saturated heterocycles. The molecule has 6 aromatic rings. The van der Waals surface area contributed by atoms with Gasteiger partial charge in [0.25, 0.3) is 6.71 Å². The fourth-order valence-corrected chi connectivity index (χ4v) is 8.71. The smallest absolute Gasteiger partial charge is 0.264 e. The lowest BCUT2D eigenvalue weighted by Gasteiger charge is -2.44. The first-order valence-corrected chi connectivity index (χ1v) is 15.3. The van der Waals surface area contributed by atoms with Crippen LogP contribution >= 0.6 is 11.3 Å². The molecule has 4 heterocycles. The van der Waals surface area contributed by atoms with Crippen LogP contribution in [0.25, 0.3) is 21.2 Å². The summed E-state index contributed by atoms with van der Waals surface area (Å²) in [5.41, 5.74) is 15.9. The predicted octanol–water partition coefficient (Wildman–Crippen LogP) is 8.57. The summed E-state index contributed by atoms with van der Waals surface area (Å²) < 4.78 is 2.82. The number of fused-ring (bicyclic) bond motifs is 7. The largest absolute Gasteiger partial charge is 0.311 e. The van der Waals surface area contributed by atoms with Crippen LogP contribution in [0.4, 0.5) is 34.1 Å². The molecule has 0 fully saturated rings. The molecule has 5 aromatic carbocycles. The number of rotatable bonds is 1. The summed E-state index contributed by atoms with van der Waals surface area (Å²) in [4.78, 5) is 5.08. The van der Waals surface area contributed by atoms with Gasteiger partial charge in [-0.2, -0.15) is 0 Å². The van der Waals surface area contributed by atoms with Crippen LogP contribution in [-0.2, 0) is 5.41 Å². The molecular weight excluding hydrogens is 515 g/mol. The minimum absolute atomic E-state index is 0.115. The number of para-hydroxylation sites is 2. The topological polar surface area (TPSA) is 6.48 Å². The normalized spacial score (nSPS) is 14.2. The molecule has 0 amide bonds. The van der Waals surface area contributed by atoms with Gasteiger partial charge in [-0.1, -0.05) is 81.4 Å². The maximum Gasteiger partial charge on any atom is 0.264 e. The maximum absolute atomic E-state index is 2.58. The SMILES string of the molecule is Cc1cc2c3c(c1)N1c4ccccc4-c4cccc5sc(c1c45)B3c1ccccc1N2c1ccc(C(C)(C)C)cc1. The highest BCUT2D eigenvalue weighted by Gasteiger charge is 2.46. The van der Waals surface area contributed by atoms with Crippen LogP contribution in [0.1, 0.15) is 31.9 Å². The molecule has 2 nitrogen and oxygen atoms in total. The second-order valence-corrected chi connectivity index (χ2v) is 13.8. The van der Waals surface area contributed by atoms with Gasteiger partial charge in [-0.05, 0) is 82.4 Å². The van der Waals surface area contributed by atoms with E-state index in [0.29, 0.717) is 0 Å². The fourth-order valence-electron chi connectivity index (χ4n) is 7.37. The van der Waals surface area contributed by atoms with E-state index in [2.05, 4.69) is 141 Å². The molecule has 4 heteroatoms. The van der Waals surface area contributed by atoms with Crippen molar-refractivity contribution >= 4 is 78.0 Å². The van der Waals surface area contributed by atoms with Crippen LogP contribution in [0.2, 0.25) is 0 Å². The summed E-state index contributed by atoms with van der Waals surface area (Å²) >= 11 is 1.98. The molecule has 0 bridgehead atoms. The van der Waals surface area contributed by atoms with E-state index in [4.69, 9.17) is 0 Å². The summed E-state index contributed by atoms with van der Waals surface area (Å²) in [5, 5.41) is 1.40. The number of anilines is 6. The first kappa shape index (κ1) is 23.4. The highest BCUT2D eigenvalue weighted by Crippen LogP contribution is 2.54. The van der Waals surface area contributed by atoms with E-state index >= 15 is 0 Å². The van der Waals surface area contributed by atoms with Crippen LogP contribution in [0.3, 0.4) is 0 Å². The zero-order valence-corrected chi connectivity index (χ0v) is 24.5. The molecule has 1 aromatic heterocycles. The molecular formula is C37H29BN2S. The monoisotopic (exact) mass is 544 g/mol. The van der Waals surface area contributed by atoms with Gasteiger partial charge in [-0.3, -0.25) is 0 Å². The Bertz CT molecular complexity index is 2060. The molecule has 0 N–H and O–H groups in total. The van der Waals surface area contributed by atoms with Crippen LogP contribution in [0.5, 0.6) is 0 Å². The third-order valence-corrected chi connectivity index (χ3v) is 10.4. The van der Waals surface area contributed by atoms with Gasteiger partial charge in [0, 0.05) is 43.2 Å². The first-order chi connectivity index (χ1) is 19.9. The second-order valence-electron chi connectivity index (χ2n) is 12.7. The van der Waals surface area contributed by atoms with Gasteiger partial charge in [-0.15, -0.1) is 11.3 Å². The molecule has 3 aliphatic heterocycles. The Balaban J connectivity index is 1.39. The Morgan fingerprint density at radius 2 is 1.34 bits per heavy atom. The zero-order valence-electron chi connectivity index (χ0n) is 23.7. The summed E-state index contributed by atoms with van der Waals surface area (Å²) in [7, 11) is 0. The molecule has 0 spiro atoms. The minimum atomic E-state index is 0.115. The minimum Gasteiger partial charge on any atom is -0.311 e. The average Bonchev–Trinajstić information content (AvgIpc) is 3.36. The van der Waals surface area contributed by atoms with Crippen molar-refractivity contribution in [1.29, 1.82) is 0 Å². The predicted molar refractivity (Wildman–Crippen MR) is 178 cm³/mol. The van der Waals surface area contributed by atoms with Crippen molar-refractivity contribution in [2.24, 2.45) is 0 Å². The van der Waals surface area contributed by atoms with Crippen LogP contribution in [0, 0.1) is 6.92 Å². The standard InChI is InChI=1S/C37H29BN2S/c1-22-20-30-34-31(21-22)40-28-13-7-5-10-25(28)26-11-9-15-32-33(26)35(40)36(41-32)38(34)27-12-6-8-14-29(27)39(30)24-18-16-23(17-19-24)37(2,3)4/h5-21H,1-4H3.